The molecular weight excluding hydrogens is 411 g/mol. The van der Waals surface area contributed by atoms with Crippen LogP contribution in [-0.2, 0) is 0 Å². The Labute approximate surface area is 176 Å². The highest BCUT2D eigenvalue weighted by Crippen LogP contribution is 2.28. The van der Waals surface area contributed by atoms with Crippen LogP contribution < -0.4 is 20.3 Å². The number of hydrogen-bond donors (Lipinski definition) is 2. The summed E-state index contributed by atoms with van der Waals surface area (Å²) in [6, 6.07) is 8.74. The highest BCUT2D eigenvalue weighted by molar-refractivity contribution is 6.04. The summed E-state index contributed by atoms with van der Waals surface area (Å²) in [5.74, 6) is -4.95. The van der Waals surface area contributed by atoms with Crippen LogP contribution in [0.4, 0.5) is 36.3 Å². The Bertz CT molecular complexity index is 1120. The molecule has 3 aromatic rings. The number of amides is 1. The molecule has 0 fully saturated rings. The lowest BCUT2D eigenvalue weighted by Crippen LogP contribution is -2.15. The van der Waals surface area contributed by atoms with Gasteiger partial charge in [0.25, 0.3) is 5.91 Å². The Morgan fingerprint density at radius 3 is 2.26 bits per heavy atom. The second-order valence-corrected chi connectivity index (χ2v) is 6.81. The van der Waals surface area contributed by atoms with Crippen molar-refractivity contribution in [3.8, 4) is 5.75 Å². The topological polar surface area (TPSA) is 79.4 Å². The fraction of sp³-hybridized carbons (Fsp3) is 0.190. The minimum atomic E-state index is -1.50. The van der Waals surface area contributed by atoms with Gasteiger partial charge in [-0.2, -0.15) is 9.37 Å². The average molecular weight is 431 g/mol. The number of halogens is 3. The lowest BCUT2D eigenvalue weighted by Gasteiger charge is -2.14. The number of rotatable bonds is 6. The quantitative estimate of drug-likeness (QED) is 0.568. The van der Waals surface area contributed by atoms with E-state index in [-0.39, 0.29) is 0 Å². The zero-order valence-corrected chi connectivity index (χ0v) is 17.3. The van der Waals surface area contributed by atoms with Crippen LogP contribution in [0.1, 0.15) is 16.1 Å². The summed E-state index contributed by atoms with van der Waals surface area (Å²) in [5, 5.41) is 5.49. The van der Waals surface area contributed by atoms with E-state index >= 15 is 0 Å². The lowest BCUT2D eigenvalue weighted by atomic mass is 10.1. The minimum absolute atomic E-state index is 0.317. The second-order valence-electron chi connectivity index (χ2n) is 6.81. The first-order valence-electron chi connectivity index (χ1n) is 9.12. The summed E-state index contributed by atoms with van der Waals surface area (Å²) in [6.07, 6.45) is 0. The van der Waals surface area contributed by atoms with E-state index in [9.17, 15) is 18.0 Å². The molecule has 0 saturated heterocycles. The molecular formula is C21H20F3N5O2. The first-order chi connectivity index (χ1) is 14.7. The van der Waals surface area contributed by atoms with Gasteiger partial charge in [-0.25, -0.2) is 13.8 Å². The normalized spacial score (nSPS) is 10.5. The van der Waals surface area contributed by atoms with E-state index < -0.39 is 34.7 Å². The summed E-state index contributed by atoms with van der Waals surface area (Å²) >= 11 is 0. The molecule has 1 amide bonds. The van der Waals surface area contributed by atoms with Crippen LogP contribution in [0.15, 0.2) is 36.4 Å². The van der Waals surface area contributed by atoms with Crippen molar-refractivity contribution in [2.75, 3.05) is 36.7 Å². The molecule has 0 aliphatic carbocycles. The molecule has 2 N–H and O–H groups in total. The molecule has 0 spiro atoms. The molecule has 0 aliphatic heterocycles. The zero-order chi connectivity index (χ0) is 22.7. The Kier molecular flexibility index (Phi) is 6.28. The van der Waals surface area contributed by atoms with Crippen molar-refractivity contribution in [1.29, 1.82) is 0 Å². The summed E-state index contributed by atoms with van der Waals surface area (Å²) in [5.41, 5.74) is 1.07. The number of aromatic nitrogens is 2. The number of nitrogens with zero attached hydrogens (tertiary/aromatic N) is 3. The summed E-state index contributed by atoms with van der Waals surface area (Å²) < 4.78 is 46.0. The maximum absolute atomic E-state index is 14.3. The van der Waals surface area contributed by atoms with Gasteiger partial charge in [-0.3, -0.25) is 4.79 Å². The van der Waals surface area contributed by atoms with Crippen LogP contribution in [0.3, 0.4) is 0 Å². The van der Waals surface area contributed by atoms with Gasteiger partial charge in [0.1, 0.15) is 5.82 Å². The summed E-state index contributed by atoms with van der Waals surface area (Å²) in [6.45, 7) is 1.85. The van der Waals surface area contributed by atoms with Crippen molar-refractivity contribution in [2.24, 2.45) is 0 Å². The van der Waals surface area contributed by atoms with Gasteiger partial charge in [-0.15, -0.1) is 0 Å². The molecule has 162 valence electrons. The van der Waals surface area contributed by atoms with Crippen LogP contribution >= 0.6 is 0 Å². The fourth-order valence-corrected chi connectivity index (χ4v) is 2.73. The highest BCUT2D eigenvalue weighted by atomic mass is 19.2. The largest absolute Gasteiger partial charge is 0.491 e. The Balaban J connectivity index is 1.76. The van der Waals surface area contributed by atoms with Gasteiger partial charge < -0.3 is 20.3 Å². The molecule has 0 aliphatic rings. The third-order valence-corrected chi connectivity index (χ3v) is 4.26. The van der Waals surface area contributed by atoms with E-state index in [4.69, 9.17) is 0 Å². The van der Waals surface area contributed by atoms with Gasteiger partial charge in [-0.1, -0.05) is 0 Å². The Morgan fingerprint density at radius 2 is 1.65 bits per heavy atom. The van der Waals surface area contributed by atoms with Gasteiger partial charge >= 0.3 is 0 Å². The van der Waals surface area contributed by atoms with Gasteiger partial charge in [0.05, 0.1) is 12.7 Å². The van der Waals surface area contributed by atoms with E-state index in [2.05, 4.69) is 25.3 Å². The monoisotopic (exact) mass is 431 g/mol. The number of ether oxygens (including phenoxy) is 1. The molecule has 10 heteroatoms. The number of carbonyl (C=O) groups is 1. The average Bonchev–Trinajstić information content (AvgIpc) is 2.72. The van der Waals surface area contributed by atoms with Gasteiger partial charge in [-0.05, 0) is 37.3 Å². The first kappa shape index (κ1) is 21.9. The van der Waals surface area contributed by atoms with Crippen molar-refractivity contribution in [1.82, 2.24) is 9.97 Å². The number of hydrogen-bond acceptors (Lipinski definition) is 6. The molecule has 1 aromatic heterocycles. The minimum Gasteiger partial charge on any atom is -0.491 e. The van der Waals surface area contributed by atoms with E-state index in [0.29, 0.717) is 23.4 Å². The zero-order valence-electron chi connectivity index (χ0n) is 17.3. The molecule has 0 radical (unpaired) electrons. The predicted octanol–water partition coefficient (Wildman–Crippen LogP) is 4.27. The van der Waals surface area contributed by atoms with Crippen LogP contribution in [0, 0.1) is 24.4 Å². The van der Waals surface area contributed by atoms with Crippen molar-refractivity contribution >= 4 is 29.0 Å². The van der Waals surface area contributed by atoms with Crippen LogP contribution in [0.2, 0.25) is 0 Å². The molecule has 0 saturated carbocycles. The maximum atomic E-state index is 14.3. The number of anilines is 4. The van der Waals surface area contributed by atoms with Gasteiger partial charge in [0.2, 0.25) is 11.8 Å². The van der Waals surface area contributed by atoms with Crippen LogP contribution in [-0.4, -0.2) is 37.1 Å². The summed E-state index contributed by atoms with van der Waals surface area (Å²) in [4.78, 5) is 22.9. The molecule has 0 bridgehead atoms. The second kappa shape index (κ2) is 8.90. The number of carbonyl (C=O) groups excluding carboxylic acids is 1. The number of aryl methyl sites for hydroxylation is 1. The van der Waals surface area contributed by atoms with E-state index in [0.717, 1.165) is 18.6 Å². The fourth-order valence-electron chi connectivity index (χ4n) is 2.73. The predicted molar refractivity (Wildman–Crippen MR) is 112 cm³/mol. The third kappa shape index (κ3) is 4.85. The van der Waals surface area contributed by atoms with E-state index in [1.807, 2.05) is 32.0 Å². The van der Waals surface area contributed by atoms with Crippen molar-refractivity contribution < 1.29 is 22.7 Å². The van der Waals surface area contributed by atoms with E-state index in [1.165, 1.54) is 0 Å². The van der Waals surface area contributed by atoms with Crippen molar-refractivity contribution in [2.45, 2.75) is 6.92 Å². The van der Waals surface area contributed by atoms with Crippen LogP contribution in [0.5, 0.6) is 5.75 Å². The first-order valence-corrected chi connectivity index (χ1v) is 9.12. The van der Waals surface area contributed by atoms with Gasteiger partial charge in [0.15, 0.2) is 17.4 Å². The molecule has 0 atom stereocenters. The number of benzene rings is 2. The Morgan fingerprint density at radius 1 is 1.00 bits per heavy atom. The smallest absolute Gasteiger partial charge is 0.258 e. The van der Waals surface area contributed by atoms with Gasteiger partial charge in [0, 0.05) is 37.2 Å². The van der Waals surface area contributed by atoms with E-state index in [1.54, 1.807) is 24.3 Å². The third-order valence-electron chi connectivity index (χ3n) is 4.26. The van der Waals surface area contributed by atoms with Crippen LogP contribution in [0.25, 0.3) is 0 Å². The Hall–Kier alpha value is -3.82. The number of nitrogens with one attached hydrogen (secondary N) is 2. The molecule has 1 heterocycles. The molecule has 2 aromatic carbocycles. The maximum Gasteiger partial charge on any atom is 0.258 e. The SMILES string of the molecule is COc1c(F)c(F)cc(C(=O)Nc2ccc(Nc3nc(C)cc(N(C)C)n3)cc2)c1F. The van der Waals surface area contributed by atoms with Crippen molar-refractivity contribution in [3.05, 3.63) is 65.1 Å². The van der Waals surface area contributed by atoms with Crippen molar-refractivity contribution in [3.63, 3.8) is 0 Å². The summed E-state index contributed by atoms with van der Waals surface area (Å²) in [7, 11) is 4.72. The molecule has 0 unspecified atom stereocenters. The molecule has 7 nitrogen and oxygen atoms in total. The number of methoxy groups -OCH3 is 1. The highest BCUT2D eigenvalue weighted by Gasteiger charge is 2.23. The molecule has 31 heavy (non-hydrogen) atoms. The molecule has 3 rings (SSSR count). The standard InChI is InChI=1S/C21H20F3N5O2/c1-11-9-16(29(2)3)28-21(25-11)27-13-7-5-12(6-8-13)26-20(30)14-10-15(22)18(24)19(31-4)17(14)23/h5-10H,1-4H3,(H,26,30)(H,25,27,28). The lowest BCUT2D eigenvalue weighted by molar-refractivity contribution is 0.102.